The first-order valence-corrected chi connectivity index (χ1v) is 3.14. The molecule has 0 spiro atoms. The second-order valence-electron chi connectivity index (χ2n) is 1.44. The van der Waals surface area contributed by atoms with Gasteiger partial charge in [0.05, 0.1) is 6.04 Å². The summed E-state index contributed by atoms with van der Waals surface area (Å²) in [5.74, 6) is -0.116. The molecule has 37 valence electrons. The van der Waals surface area contributed by atoms with Crippen LogP contribution in [-0.4, -0.2) is 27.8 Å². The summed E-state index contributed by atoms with van der Waals surface area (Å²) in [7, 11) is 0. The van der Waals surface area contributed by atoms with Gasteiger partial charge in [0.15, 0.2) is 0 Å². The molecule has 0 aliphatic carbocycles. The number of nitrogens with one attached hydrogen (secondary N) is 1. The van der Waals surface area contributed by atoms with E-state index >= 15 is 0 Å². The van der Waals surface area contributed by atoms with Crippen molar-refractivity contribution in [1.82, 2.24) is 4.30 Å². The zero-order valence-corrected chi connectivity index (χ0v) is 5.13. The summed E-state index contributed by atoms with van der Waals surface area (Å²) in [6.07, 6.45) is 0. The molecule has 0 aromatic rings. The first-order valence-electron chi connectivity index (χ1n) is 2.09. The van der Waals surface area contributed by atoms with E-state index in [1.54, 1.807) is 6.92 Å². The molecule has 0 unspecified atom stereocenters. The third-order valence-corrected chi connectivity index (χ3v) is 1.83. The monoisotopic (exact) mass is 114 g/mol. The number of hydrogen-bond donors (Lipinski definition) is 1. The summed E-state index contributed by atoms with van der Waals surface area (Å²) >= 11 is -0.241. The lowest BCUT2D eigenvalue weighted by Crippen LogP contribution is -2.23. The third kappa shape index (κ3) is 0.943. The van der Waals surface area contributed by atoms with Gasteiger partial charge in [-0.25, -0.2) is 0 Å². The predicted octanol–water partition coefficient (Wildman–Crippen LogP) is -0.945. The summed E-state index contributed by atoms with van der Waals surface area (Å²) in [6, 6.07) is -0.0602. The largest absolute Gasteiger partial charge is 0.663 e. The van der Waals surface area contributed by atoms with E-state index in [0.717, 1.165) is 0 Å². The third-order valence-electron chi connectivity index (χ3n) is 0.847. The van der Waals surface area contributed by atoms with E-state index in [-0.39, 0.29) is 27.8 Å². The first-order chi connectivity index (χ1) is 3.30. The van der Waals surface area contributed by atoms with Crippen molar-refractivity contribution in [2.75, 3.05) is 0 Å². The summed E-state index contributed by atoms with van der Waals surface area (Å²) in [6.45, 7) is 1.79. The van der Waals surface area contributed by atoms with Gasteiger partial charge in [0.25, 0.3) is 5.97 Å². The maximum atomic E-state index is 10.3. The van der Waals surface area contributed by atoms with Crippen molar-refractivity contribution in [2.45, 2.75) is 13.0 Å². The SMILES string of the molecule is C[C@H]1[NH][Al][O]C1=O. The van der Waals surface area contributed by atoms with Crippen LogP contribution >= 0.6 is 0 Å². The van der Waals surface area contributed by atoms with Gasteiger partial charge >= 0.3 is 15.8 Å². The van der Waals surface area contributed by atoms with Crippen LogP contribution in [0.3, 0.4) is 0 Å². The normalized spacial score (nSPS) is 29.3. The molecule has 0 aromatic carbocycles. The highest BCUT2D eigenvalue weighted by molar-refractivity contribution is 6.31. The molecule has 1 rings (SSSR count). The van der Waals surface area contributed by atoms with Gasteiger partial charge in [0.2, 0.25) is 0 Å². The smallest absolute Gasteiger partial charge is 0.608 e. The van der Waals surface area contributed by atoms with Gasteiger partial charge in [0.1, 0.15) is 0 Å². The lowest BCUT2D eigenvalue weighted by atomic mass is 10.4. The molecule has 0 amide bonds. The molecule has 1 saturated heterocycles. The molecular formula is C3H5AlNO2. The van der Waals surface area contributed by atoms with Crippen molar-refractivity contribution in [1.29, 1.82) is 0 Å². The van der Waals surface area contributed by atoms with Gasteiger partial charge in [-0.05, 0) is 6.92 Å². The molecule has 0 aromatic heterocycles. The van der Waals surface area contributed by atoms with Gasteiger partial charge in [-0.2, -0.15) is 0 Å². The molecule has 1 heterocycles. The van der Waals surface area contributed by atoms with Crippen molar-refractivity contribution >= 4 is 21.7 Å². The van der Waals surface area contributed by atoms with E-state index in [0.29, 0.717) is 0 Å². The molecule has 7 heavy (non-hydrogen) atoms. The van der Waals surface area contributed by atoms with Crippen LogP contribution in [0.2, 0.25) is 0 Å². The molecule has 1 N–H and O–H groups in total. The van der Waals surface area contributed by atoms with Crippen LogP contribution in [0.4, 0.5) is 0 Å². The predicted molar refractivity (Wildman–Crippen MR) is 24.4 cm³/mol. The summed E-state index contributed by atoms with van der Waals surface area (Å²) < 4.78 is 7.48. The average Bonchev–Trinajstić information content (AvgIpc) is 1.91. The molecule has 0 bridgehead atoms. The zero-order chi connectivity index (χ0) is 5.28. The Balaban J connectivity index is 2.48. The number of hydrogen-bond acceptors (Lipinski definition) is 3. The average molecular weight is 114 g/mol. The van der Waals surface area contributed by atoms with E-state index < -0.39 is 0 Å². The molecular weight excluding hydrogens is 109 g/mol. The fraction of sp³-hybridized carbons (Fsp3) is 0.667. The van der Waals surface area contributed by atoms with E-state index in [1.807, 2.05) is 0 Å². The molecule has 0 saturated carbocycles. The Bertz CT molecular complexity index is 94.9. The highest BCUT2D eigenvalue weighted by atomic mass is 27.1. The van der Waals surface area contributed by atoms with Crippen molar-refractivity contribution in [2.24, 2.45) is 0 Å². The Labute approximate surface area is 48.3 Å². The van der Waals surface area contributed by atoms with Crippen molar-refractivity contribution < 1.29 is 8.58 Å². The second-order valence-corrected chi connectivity index (χ2v) is 2.25. The lowest BCUT2D eigenvalue weighted by Gasteiger charge is -1.93. The van der Waals surface area contributed by atoms with Crippen LogP contribution in [0.25, 0.3) is 0 Å². The Morgan fingerprint density at radius 2 is 2.71 bits per heavy atom. The molecule has 1 radical (unpaired) electrons. The van der Waals surface area contributed by atoms with E-state index in [1.165, 1.54) is 0 Å². The Hall–Kier alpha value is -0.0375. The van der Waals surface area contributed by atoms with E-state index in [2.05, 4.69) is 8.09 Å². The molecule has 1 fully saturated rings. The summed E-state index contributed by atoms with van der Waals surface area (Å²) in [5, 5.41) is 0. The quantitative estimate of drug-likeness (QED) is 0.413. The van der Waals surface area contributed by atoms with E-state index in [4.69, 9.17) is 0 Å². The maximum absolute atomic E-state index is 10.3. The van der Waals surface area contributed by atoms with Gasteiger partial charge in [-0.3, -0.25) is 4.79 Å². The summed E-state index contributed by atoms with van der Waals surface area (Å²) in [4.78, 5) is 10.3. The minimum atomic E-state index is -0.241. The van der Waals surface area contributed by atoms with Gasteiger partial charge in [0, 0.05) is 0 Å². The number of carbonyl (C=O) groups excluding carboxylic acids is 1. The van der Waals surface area contributed by atoms with Crippen LogP contribution in [0, 0.1) is 0 Å². The van der Waals surface area contributed by atoms with Crippen LogP contribution in [0.1, 0.15) is 6.92 Å². The maximum Gasteiger partial charge on any atom is 0.663 e. The standard InChI is InChI=1S/C3H6NO2.Al/c1-2(4)3(5)6;/h2,4H,1H3,(H,5,6);/q-1;+2/p-1/t2-;/m1./s1. The highest BCUT2D eigenvalue weighted by Crippen LogP contribution is 1.90. The van der Waals surface area contributed by atoms with Gasteiger partial charge in [-0.1, -0.05) is 0 Å². The molecule has 4 heteroatoms. The number of rotatable bonds is 0. The molecule has 3 nitrogen and oxygen atoms in total. The minimum absolute atomic E-state index is 0.0602. The fourth-order valence-electron chi connectivity index (χ4n) is 0.364. The van der Waals surface area contributed by atoms with Crippen LogP contribution in [-0.2, 0) is 8.58 Å². The van der Waals surface area contributed by atoms with Crippen molar-refractivity contribution in [3.8, 4) is 0 Å². The molecule has 1 aliphatic heterocycles. The topological polar surface area (TPSA) is 38.3 Å². The Kier molecular flexibility index (Phi) is 1.33. The second kappa shape index (κ2) is 1.83. The van der Waals surface area contributed by atoms with Crippen LogP contribution < -0.4 is 4.30 Å². The van der Waals surface area contributed by atoms with Crippen LogP contribution in [0.15, 0.2) is 0 Å². The van der Waals surface area contributed by atoms with E-state index in [9.17, 15) is 4.79 Å². The molecule has 1 aliphatic rings. The Morgan fingerprint density at radius 1 is 2.00 bits per heavy atom. The molecule has 1 atom stereocenters. The fourth-order valence-corrected chi connectivity index (χ4v) is 1.09. The van der Waals surface area contributed by atoms with Gasteiger partial charge in [-0.15, -0.1) is 0 Å². The lowest BCUT2D eigenvalue weighted by molar-refractivity contribution is -0.133. The first kappa shape index (κ1) is 5.11. The zero-order valence-electron chi connectivity index (χ0n) is 3.97. The highest BCUT2D eigenvalue weighted by Gasteiger charge is 2.22. The van der Waals surface area contributed by atoms with Crippen molar-refractivity contribution in [3.63, 3.8) is 0 Å². The summed E-state index contributed by atoms with van der Waals surface area (Å²) in [5.41, 5.74) is 0. The number of carbonyl (C=O) groups is 1. The van der Waals surface area contributed by atoms with Gasteiger partial charge < -0.3 is 8.09 Å². The Morgan fingerprint density at radius 3 is 2.86 bits per heavy atom. The van der Waals surface area contributed by atoms with Crippen LogP contribution in [0.5, 0.6) is 0 Å². The minimum Gasteiger partial charge on any atom is -0.608 e. The van der Waals surface area contributed by atoms with Crippen molar-refractivity contribution in [3.05, 3.63) is 0 Å².